The Morgan fingerprint density at radius 2 is 1.68 bits per heavy atom. The van der Waals surface area contributed by atoms with Crippen molar-refractivity contribution in [1.29, 1.82) is 0 Å². The van der Waals surface area contributed by atoms with E-state index < -0.39 is 0 Å². The highest BCUT2D eigenvalue weighted by molar-refractivity contribution is 5.92. The van der Waals surface area contributed by atoms with Crippen molar-refractivity contribution in [3.05, 3.63) is 42.4 Å². The molecule has 0 spiro atoms. The van der Waals surface area contributed by atoms with Crippen LogP contribution in [0.5, 0.6) is 0 Å². The fraction of sp³-hybridized carbons (Fsp3) is 0.476. The number of hydrogen-bond acceptors (Lipinski definition) is 6. The smallest absolute Gasteiger partial charge is 0.274 e. The summed E-state index contributed by atoms with van der Waals surface area (Å²) >= 11 is 0. The van der Waals surface area contributed by atoms with Crippen molar-refractivity contribution in [2.75, 3.05) is 56.0 Å². The van der Waals surface area contributed by atoms with Crippen LogP contribution in [0.25, 0.3) is 0 Å². The van der Waals surface area contributed by atoms with Crippen LogP contribution in [-0.2, 0) is 0 Å². The van der Waals surface area contributed by atoms with E-state index in [0.29, 0.717) is 11.5 Å². The Morgan fingerprint density at radius 1 is 1.00 bits per heavy atom. The first-order valence-electron chi connectivity index (χ1n) is 10.1. The predicted molar refractivity (Wildman–Crippen MR) is 113 cm³/mol. The van der Waals surface area contributed by atoms with Crippen molar-refractivity contribution >= 4 is 23.1 Å². The second-order valence-electron chi connectivity index (χ2n) is 6.86. The molecule has 1 aromatic heterocycles. The van der Waals surface area contributed by atoms with Gasteiger partial charge in [-0.15, -0.1) is 0 Å². The molecule has 1 amide bonds. The lowest BCUT2D eigenvalue weighted by atomic mass is 10.2. The van der Waals surface area contributed by atoms with Crippen LogP contribution in [0.4, 0.5) is 17.2 Å². The molecule has 1 saturated heterocycles. The molecular formula is C21H30N6O. The highest BCUT2D eigenvalue weighted by atomic mass is 16.2. The lowest BCUT2D eigenvalue weighted by molar-refractivity contribution is 0.0637. The minimum absolute atomic E-state index is 0.0432. The molecule has 0 aliphatic carbocycles. The van der Waals surface area contributed by atoms with E-state index >= 15 is 0 Å². The average Bonchev–Trinajstić information content (AvgIpc) is 2.76. The van der Waals surface area contributed by atoms with E-state index in [1.54, 1.807) is 12.4 Å². The SMILES string of the molecule is CCN1CCN(C(=O)c2cnc(Nc3ccc(N(CC)CC)cc3)cn2)CC1. The van der Waals surface area contributed by atoms with Crippen LogP contribution >= 0.6 is 0 Å². The zero-order chi connectivity index (χ0) is 19.9. The number of likely N-dealkylation sites (N-methyl/N-ethyl adjacent to an activating group) is 1. The summed E-state index contributed by atoms with van der Waals surface area (Å²) in [5.74, 6) is 0.585. The van der Waals surface area contributed by atoms with Crippen LogP contribution in [0.2, 0.25) is 0 Å². The third kappa shape index (κ3) is 4.78. The maximum Gasteiger partial charge on any atom is 0.274 e. The maximum atomic E-state index is 12.6. The Labute approximate surface area is 167 Å². The van der Waals surface area contributed by atoms with E-state index in [-0.39, 0.29) is 5.91 Å². The molecule has 3 rings (SSSR count). The second kappa shape index (κ2) is 9.50. The molecule has 1 N–H and O–H groups in total. The molecule has 1 aliphatic rings. The lowest BCUT2D eigenvalue weighted by Crippen LogP contribution is -2.48. The van der Waals surface area contributed by atoms with E-state index in [0.717, 1.165) is 51.5 Å². The van der Waals surface area contributed by atoms with Gasteiger partial charge in [0.05, 0.1) is 12.4 Å². The van der Waals surface area contributed by atoms with E-state index in [1.165, 1.54) is 5.69 Å². The number of hydrogen-bond donors (Lipinski definition) is 1. The van der Waals surface area contributed by atoms with Crippen LogP contribution in [0, 0.1) is 0 Å². The summed E-state index contributed by atoms with van der Waals surface area (Å²) in [5, 5.41) is 3.24. The summed E-state index contributed by atoms with van der Waals surface area (Å²) in [5.41, 5.74) is 2.54. The van der Waals surface area contributed by atoms with Gasteiger partial charge in [-0.2, -0.15) is 0 Å². The molecule has 0 saturated carbocycles. The number of nitrogens with one attached hydrogen (secondary N) is 1. The van der Waals surface area contributed by atoms with Gasteiger partial charge in [-0.25, -0.2) is 9.97 Å². The number of carbonyl (C=O) groups is 1. The fourth-order valence-corrected chi connectivity index (χ4v) is 3.42. The van der Waals surface area contributed by atoms with Gasteiger partial charge in [0, 0.05) is 50.6 Å². The number of aromatic nitrogens is 2. The maximum absolute atomic E-state index is 12.6. The summed E-state index contributed by atoms with van der Waals surface area (Å²) in [7, 11) is 0. The van der Waals surface area contributed by atoms with Crippen molar-refractivity contribution < 1.29 is 4.79 Å². The van der Waals surface area contributed by atoms with Crippen LogP contribution in [0.15, 0.2) is 36.7 Å². The van der Waals surface area contributed by atoms with E-state index in [2.05, 4.69) is 58.0 Å². The van der Waals surface area contributed by atoms with Crippen LogP contribution in [0.3, 0.4) is 0 Å². The number of rotatable bonds is 7. The second-order valence-corrected chi connectivity index (χ2v) is 6.86. The Morgan fingerprint density at radius 3 is 2.21 bits per heavy atom. The molecule has 1 aromatic carbocycles. The Hall–Kier alpha value is -2.67. The average molecular weight is 383 g/mol. The van der Waals surface area contributed by atoms with Gasteiger partial charge in [-0.3, -0.25) is 4.79 Å². The van der Waals surface area contributed by atoms with Gasteiger partial charge in [0.2, 0.25) is 0 Å². The summed E-state index contributed by atoms with van der Waals surface area (Å²) in [6, 6.07) is 8.25. The highest BCUT2D eigenvalue weighted by Gasteiger charge is 2.22. The molecule has 2 heterocycles. The van der Waals surface area contributed by atoms with Crippen LogP contribution in [0.1, 0.15) is 31.3 Å². The first kappa shape index (κ1) is 20.1. The largest absolute Gasteiger partial charge is 0.372 e. The summed E-state index contributed by atoms with van der Waals surface area (Å²) in [4.78, 5) is 27.8. The van der Waals surface area contributed by atoms with Crippen molar-refractivity contribution in [3.63, 3.8) is 0 Å². The van der Waals surface area contributed by atoms with E-state index in [1.807, 2.05) is 17.0 Å². The quantitative estimate of drug-likeness (QED) is 0.794. The van der Waals surface area contributed by atoms with Gasteiger partial charge in [0.25, 0.3) is 5.91 Å². The zero-order valence-corrected chi connectivity index (χ0v) is 17.1. The molecule has 0 unspecified atom stereocenters. The molecule has 7 heteroatoms. The van der Waals surface area contributed by atoms with Gasteiger partial charge < -0.3 is 20.0 Å². The fourth-order valence-electron chi connectivity index (χ4n) is 3.42. The van der Waals surface area contributed by atoms with Gasteiger partial charge in [0.15, 0.2) is 0 Å². The molecule has 7 nitrogen and oxygen atoms in total. The first-order valence-corrected chi connectivity index (χ1v) is 10.1. The number of benzene rings is 1. The minimum Gasteiger partial charge on any atom is -0.372 e. The third-order valence-corrected chi connectivity index (χ3v) is 5.25. The monoisotopic (exact) mass is 382 g/mol. The molecular weight excluding hydrogens is 352 g/mol. The standard InChI is InChI=1S/C21H30N6O/c1-4-25-11-13-27(14-12-25)21(28)19-15-23-20(16-22-19)24-17-7-9-18(10-8-17)26(5-2)6-3/h7-10,15-16H,4-6,11-14H2,1-3H3,(H,23,24). The van der Waals surface area contributed by atoms with Crippen LogP contribution in [-0.4, -0.2) is 71.5 Å². The molecule has 150 valence electrons. The highest BCUT2D eigenvalue weighted by Crippen LogP contribution is 2.20. The van der Waals surface area contributed by atoms with Gasteiger partial charge in [-0.1, -0.05) is 6.92 Å². The third-order valence-electron chi connectivity index (χ3n) is 5.25. The molecule has 0 atom stereocenters. The summed E-state index contributed by atoms with van der Waals surface area (Å²) < 4.78 is 0. The molecule has 0 bridgehead atoms. The normalized spacial score (nSPS) is 14.8. The van der Waals surface area contributed by atoms with Gasteiger partial charge >= 0.3 is 0 Å². The topological polar surface area (TPSA) is 64.6 Å². The predicted octanol–water partition coefficient (Wildman–Crippen LogP) is 2.84. The van der Waals surface area contributed by atoms with E-state index in [9.17, 15) is 4.79 Å². The first-order chi connectivity index (χ1) is 13.6. The molecule has 1 fully saturated rings. The van der Waals surface area contributed by atoms with Crippen LogP contribution < -0.4 is 10.2 Å². The van der Waals surface area contributed by atoms with Crippen molar-refractivity contribution in [2.24, 2.45) is 0 Å². The number of nitrogens with zero attached hydrogens (tertiary/aromatic N) is 5. The van der Waals surface area contributed by atoms with E-state index in [4.69, 9.17) is 0 Å². The Kier molecular flexibility index (Phi) is 6.81. The molecule has 0 radical (unpaired) electrons. The Bertz CT molecular complexity index is 749. The van der Waals surface area contributed by atoms with Crippen molar-refractivity contribution in [2.45, 2.75) is 20.8 Å². The van der Waals surface area contributed by atoms with Gasteiger partial charge in [0.1, 0.15) is 11.5 Å². The summed E-state index contributed by atoms with van der Waals surface area (Å²) in [6.07, 6.45) is 3.18. The van der Waals surface area contributed by atoms with Gasteiger partial charge in [-0.05, 0) is 44.7 Å². The minimum atomic E-state index is -0.0432. The lowest BCUT2D eigenvalue weighted by Gasteiger charge is -2.33. The number of carbonyl (C=O) groups excluding carboxylic acids is 1. The molecule has 28 heavy (non-hydrogen) atoms. The Balaban J connectivity index is 1.59. The molecule has 1 aliphatic heterocycles. The van der Waals surface area contributed by atoms with Crippen molar-refractivity contribution in [1.82, 2.24) is 19.8 Å². The summed E-state index contributed by atoms with van der Waals surface area (Å²) in [6.45, 7) is 12.8. The molecule has 2 aromatic rings. The number of amides is 1. The van der Waals surface area contributed by atoms with Crippen molar-refractivity contribution in [3.8, 4) is 0 Å². The zero-order valence-electron chi connectivity index (χ0n) is 17.1. The number of piperazine rings is 1. The number of anilines is 3.